The van der Waals surface area contributed by atoms with Gasteiger partial charge in [-0.05, 0) is 31.5 Å². The number of carboxylic acids is 1. The lowest BCUT2D eigenvalue weighted by Gasteiger charge is -2.24. The van der Waals surface area contributed by atoms with Crippen molar-refractivity contribution < 1.29 is 18.3 Å². The highest BCUT2D eigenvalue weighted by molar-refractivity contribution is 7.89. The molecule has 6 nitrogen and oxygen atoms in total. The van der Waals surface area contributed by atoms with Gasteiger partial charge in [0.25, 0.3) is 0 Å². The molecule has 1 aromatic carbocycles. The summed E-state index contributed by atoms with van der Waals surface area (Å²) in [4.78, 5) is 11.0. The number of aromatic carboxylic acids is 1. The summed E-state index contributed by atoms with van der Waals surface area (Å²) in [7, 11) is -2.40. The summed E-state index contributed by atoms with van der Waals surface area (Å²) in [5, 5.41) is 9.14. The molecule has 0 aliphatic carbocycles. The minimum absolute atomic E-state index is 0.204. The Morgan fingerprint density at radius 2 is 2.05 bits per heavy atom. The minimum atomic E-state index is -3.86. The van der Waals surface area contributed by atoms with Crippen LogP contribution < -0.4 is 5.73 Å². The van der Waals surface area contributed by atoms with Crippen molar-refractivity contribution in [2.24, 2.45) is 0 Å². The van der Waals surface area contributed by atoms with Crippen LogP contribution in [-0.4, -0.2) is 36.9 Å². The van der Waals surface area contributed by atoms with Gasteiger partial charge in [0, 0.05) is 18.8 Å². The molecule has 1 aromatic rings. The van der Waals surface area contributed by atoms with E-state index < -0.39 is 16.0 Å². The van der Waals surface area contributed by atoms with Crippen molar-refractivity contribution in [2.45, 2.75) is 37.6 Å². The maximum absolute atomic E-state index is 12.5. The molecule has 0 saturated carbocycles. The van der Waals surface area contributed by atoms with Crippen LogP contribution in [-0.2, 0) is 10.0 Å². The van der Waals surface area contributed by atoms with E-state index >= 15 is 0 Å². The molecular formula is C13H20N2O4S. The summed E-state index contributed by atoms with van der Waals surface area (Å²) in [6.45, 7) is 3.75. The van der Waals surface area contributed by atoms with Gasteiger partial charge in [-0.2, -0.15) is 4.31 Å². The van der Waals surface area contributed by atoms with Crippen molar-refractivity contribution in [3.8, 4) is 0 Å². The number of nitrogens with two attached hydrogens (primary N) is 1. The molecule has 1 rings (SSSR count). The fourth-order valence-corrected chi connectivity index (χ4v) is 3.48. The summed E-state index contributed by atoms with van der Waals surface area (Å²) >= 11 is 0. The van der Waals surface area contributed by atoms with Gasteiger partial charge in [-0.1, -0.05) is 13.3 Å². The van der Waals surface area contributed by atoms with E-state index in [0.29, 0.717) is 6.42 Å². The molecule has 112 valence electrons. The van der Waals surface area contributed by atoms with Gasteiger partial charge in [0.05, 0.1) is 10.5 Å². The standard InChI is InChI=1S/C13H20N2O4S/c1-4-5-9(2)15(3)20(18,19)12-7-6-10(14)8-11(12)13(16)17/h6-9H,4-5,14H2,1-3H3,(H,16,17). The second-order valence-electron chi connectivity index (χ2n) is 4.72. The number of anilines is 1. The molecule has 0 saturated heterocycles. The smallest absolute Gasteiger partial charge is 0.337 e. The number of sulfonamides is 1. The van der Waals surface area contributed by atoms with E-state index in [4.69, 9.17) is 10.8 Å². The first-order valence-corrected chi connectivity index (χ1v) is 7.76. The molecule has 0 aromatic heterocycles. The van der Waals surface area contributed by atoms with Gasteiger partial charge in [-0.3, -0.25) is 0 Å². The van der Waals surface area contributed by atoms with E-state index in [2.05, 4.69) is 0 Å². The predicted octanol–water partition coefficient (Wildman–Crippen LogP) is 1.78. The highest BCUT2D eigenvalue weighted by atomic mass is 32.2. The third kappa shape index (κ3) is 3.29. The molecule has 0 spiro atoms. The Kier molecular flexibility index (Phi) is 5.13. The zero-order valence-corrected chi connectivity index (χ0v) is 12.6. The minimum Gasteiger partial charge on any atom is -0.478 e. The van der Waals surface area contributed by atoms with E-state index in [1.165, 1.54) is 23.5 Å². The molecule has 0 aliphatic rings. The number of nitrogens with zero attached hydrogens (tertiary/aromatic N) is 1. The van der Waals surface area contributed by atoms with Crippen molar-refractivity contribution in [3.05, 3.63) is 23.8 Å². The number of hydrogen-bond acceptors (Lipinski definition) is 4. The molecule has 0 bridgehead atoms. The summed E-state index contributed by atoms with van der Waals surface area (Å²) < 4.78 is 26.2. The molecule has 0 radical (unpaired) electrons. The lowest BCUT2D eigenvalue weighted by molar-refractivity contribution is 0.0692. The molecule has 0 amide bonds. The van der Waals surface area contributed by atoms with Gasteiger partial charge in [0.1, 0.15) is 0 Å². The van der Waals surface area contributed by atoms with Gasteiger partial charge in [0.15, 0.2) is 0 Å². The molecule has 20 heavy (non-hydrogen) atoms. The topological polar surface area (TPSA) is 101 Å². The number of nitrogen functional groups attached to an aromatic ring is 1. The van der Waals surface area contributed by atoms with E-state index in [1.54, 1.807) is 6.92 Å². The van der Waals surface area contributed by atoms with Crippen LogP contribution in [0.25, 0.3) is 0 Å². The Bertz CT molecular complexity index is 598. The molecule has 0 fully saturated rings. The Balaban J connectivity index is 3.32. The maximum atomic E-state index is 12.5. The van der Waals surface area contributed by atoms with Crippen molar-refractivity contribution in [1.29, 1.82) is 0 Å². The van der Waals surface area contributed by atoms with Gasteiger partial charge in [-0.15, -0.1) is 0 Å². The number of carbonyl (C=O) groups is 1. The van der Waals surface area contributed by atoms with Crippen molar-refractivity contribution >= 4 is 21.7 Å². The second-order valence-corrected chi connectivity index (χ2v) is 6.69. The molecular weight excluding hydrogens is 280 g/mol. The molecule has 7 heteroatoms. The van der Waals surface area contributed by atoms with Crippen molar-refractivity contribution in [2.75, 3.05) is 12.8 Å². The van der Waals surface area contributed by atoms with Gasteiger partial charge >= 0.3 is 5.97 Å². The summed E-state index contributed by atoms with van der Waals surface area (Å²) in [5.41, 5.74) is 5.43. The van der Waals surface area contributed by atoms with Crippen LogP contribution in [0, 0.1) is 0 Å². The molecule has 1 atom stereocenters. The van der Waals surface area contributed by atoms with Crippen LogP contribution in [0.15, 0.2) is 23.1 Å². The monoisotopic (exact) mass is 300 g/mol. The molecule has 0 heterocycles. The fourth-order valence-electron chi connectivity index (χ4n) is 1.93. The van der Waals surface area contributed by atoms with E-state index in [1.807, 2.05) is 6.92 Å². The maximum Gasteiger partial charge on any atom is 0.337 e. The van der Waals surface area contributed by atoms with Gasteiger partial charge in [0.2, 0.25) is 10.0 Å². The fraction of sp³-hybridized carbons (Fsp3) is 0.462. The highest BCUT2D eigenvalue weighted by Gasteiger charge is 2.29. The number of rotatable bonds is 6. The summed E-state index contributed by atoms with van der Waals surface area (Å²) in [5.74, 6) is -1.31. The Hall–Kier alpha value is -1.60. The van der Waals surface area contributed by atoms with Crippen molar-refractivity contribution in [1.82, 2.24) is 4.31 Å². The normalized spacial score (nSPS) is 13.4. The largest absolute Gasteiger partial charge is 0.478 e. The number of benzene rings is 1. The first-order chi connectivity index (χ1) is 9.21. The number of carboxylic acid groups (broad SMARTS) is 1. The van der Waals surface area contributed by atoms with Crippen LogP contribution in [0.2, 0.25) is 0 Å². The Morgan fingerprint density at radius 1 is 1.45 bits per heavy atom. The average Bonchev–Trinajstić information content (AvgIpc) is 2.37. The van der Waals surface area contributed by atoms with Crippen LogP contribution in [0.5, 0.6) is 0 Å². The predicted molar refractivity (Wildman–Crippen MR) is 77.1 cm³/mol. The quantitative estimate of drug-likeness (QED) is 0.780. The number of hydrogen-bond donors (Lipinski definition) is 2. The van der Waals surface area contributed by atoms with E-state index in [0.717, 1.165) is 12.5 Å². The lowest BCUT2D eigenvalue weighted by Crippen LogP contribution is -2.35. The SMILES string of the molecule is CCCC(C)N(C)S(=O)(=O)c1ccc(N)cc1C(=O)O. The van der Waals surface area contributed by atoms with Crippen molar-refractivity contribution in [3.63, 3.8) is 0 Å². The van der Waals surface area contributed by atoms with Gasteiger partial charge < -0.3 is 10.8 Å². The third-order valence-corrected chi connectivity index (χ3v) is 5.25. The van der Waals surface area contributed by atoms with E-state index in [-0.39, 0.29) is 22.2 Å². The first kappa shape index (κ1) is 16.5. The molecule has 0 aliphatic heterocycles. The van der Waals surface area contributed by atoms with E-state index in [9.17, 15) is 13.2 Å². The summed E-state index contributed by atoms with van der Waals surface area (Å²) in [6, 6.07) is 3.58. The zero-order chi connectivity index (χ0) is 15.5. The van der Waals surface area contributed by atoms with Crippen LogP contribution >= 0.6 is 0 Å². The lowest BCUT2D eigenvalue weighted by atomic mass is 10.2. The van der Waals surface area contributed by atoms with Crippen LogP contribution in [0.4, 0.5) is 5.69 Å². The second kappa shape index (κ2) is 6.23. The molecule has 1 unspecified atom stereocenters. The average molecular weight is 300 g/mol. The Labute approximate surface area is 119 Å². The Morgan fingerprint density at radius 3 is 2.55 bits per heavy atom. The highest BCUT2D eigenvalue weighted by Crippen LogP contribution is 2.24. The molecule has 3 N–H and O–H groups in total. The van der Waals surface area contributed by atoms with Gasteiger partial charge in [-0.25, -0.2) is 13.2 Å². The third-order valence-electron chi connectivity index (χ3n) is 3.22. The van der Waals surface area contributed by atoms with Crippen LogP contribution in [0.3, 0.4) is 0 Å². The summed E-state index contributed by atoms with van der Waals surface area (Å²) in [6.07, 6.45) is 1.54. The first-order valence-electron chi connectivity index (χ1n) is 6.32. The van der Waals surface area contributed by atoms with Crippen LogP contribution in [0.1, 0.15) is 37.0 Å². The zero-order valence-electron chi connectivity index (χ0n) is 11.8.